The second-order valence-electron chi connectivity index (χ2n) is 7.22. The van der Waals surface area contributed by atoms with Crippen LogP contribution in [0.3, 0.4) is 0 Å². The van der Waals surface area contributed by atoms with E-state index in [4.69, 9.17) is 0 Å². The van der Waals surface area contributed by atoms with Gasteiger partial charge in [-0.1, -0.05) is 26.7 Å². The quantitative estimate of drug-likeness (QED) is 0.347. The molecule has 5 nitrogen and oxygen atoms in total. The Morgan fingerprint density at radius 2 is 1.74 bits per heavy atom. The van der Waals surface area contributed by atoms with Gasteiger partial charge in [0.05, 0.1) is 0 Å². The fourth-order valence-electron chi connectivity index (χ4n) is 3.02. The van der Waals surface area contributed by atoms with Crippen molar-refractivity contribution < 1.29 is 4.79 Å². The highest BCUT2D eigenvalue weighted by molar-refractivity contribution is 5.80. The molecule has 134 valence electrons. The van der Waals surface area contributed by atoms with Gasteiger partial charge in [0.25, 0.3) is 0 Å². The van der Waals surface area contributed by atoms with Crippen LogP contribution in [0, 0.1) is 11.8 Å². The van der Waals surface area contributed by atoms with Crippen molar-refractivity contribution in [1.29, 1.82) is 0 Å². The Kier molecular flexibility index (Phi) is 9.72. The average molecular weight is 325 g/mol. The lowest BCUT2D eigenvalue weighted by molar-refractivity contribution is -0.121. The summed E-state index contributed by atoms with van der Waals surface area (Å²) in [6, 6.07) is 0.403. The Morgan fingerprint density at radius 3 is 2.35 bits per heavy atom. The summed E-state index contributed by atoms with van der Waals surface area (Å²) in [4.78, 5) is 16.1. The smallest absolute Gasteiger partial charge is 0.220 e. The number of amides is 1. The molecule has 1 aliphatic carbocycles. The number of carbonyl (C=O) groups is 1. The van der Waals surface area contributed by atoms with E-state index in [1.807, 2.05) is 0 Å². The van der Waals surface area contributed by atoms with Crippen LogP contribution >= 0.6 is 0 Å². The first-order chi connectivity index (χ1) is 11.0. The maximum Gasteiger partial charge on any atom is 0.220 e. The minimum absolute atomic E-state index is 0.187. The first-order valence-corrected chi connectivity index (χ1v) is 9.25. The monoisotopic (exact) mass is 324 g/mol. The van der Waals surface area contributed by atoms with E-state index in [1.54, 1.807) is 7.05 Å². The van der Waals surface area contributed by atoms with E-state index in [0.29, 0.717) is 31.5 Å². The van der Waals surface area contributed by atoms with Crippen molar-refractivity contribution in [1.82, 2.24) is 16.0 Å². The van der Waals surface area contributed by atoms with Gasteiger partial charge in [-0.05, 0) is 44.4 Å². The highest BCUT2D eigenvalue weighted by atomic mass is 16.1. The van der Waals surface area contributed by atoms with Crippen LogP contribution in [0.5, 0.6) is 0 Å². The predicted molar refractivity (Wildman–Crippen MR) is 97.6 cm³/mol. The van der Waals surface area contributed by atoms with Gasteiger partial charge < -0.3 is 16.0 Å². The van der Waals surface area contributed by atoms with Gasteiger partial charge in [0.2, 0.25) is 5.91 Å². The first kappa shape index (κ1) is 19.8. The Bertz CT molecular complexity index is 362. The van der Waals surface area contributed by atoms with Crippen LogP contribution in [0.2, 0.25) is 0 Å². The maximum atomic E-state index is 11.9. The van der Waals surface area contributed by atoms with Gasteiger partial charge in [-0.3, -0.25) is 9.79 Å². The number of nitrogens with one attached hydrogen (secondary N) is 3. The zero-order valence-electron chi connectivity index (χ0n) is 15.5. The molecule has 0 spiro atoms. The maximum absolute atomic E-state index is 11.9. The molecule has 0 aromatic heterocycles. The molecule has 0 aromatic rings. The zero-order chi connectivity index (χ0) is 17.1. The summed E-state index contributed by atoms with van der Waals surface area (Å²) in [6.45, 7) is 8.01. The summed E-state index contributed by atoms with van der Waals surface area (Å²) in [5, 5.41) is 9.65. The SMILES string of the molecule is CN=C(NCCNC(=O)CC1CCCC1)NC(C)CCC(C)C. The van der Waals surface area contributed by atoms with Crippen molar-refractivity contribution >= 4 is 11.9 Å². The van der Waals surface area contributed by atoms with Crippen molar-refractivity contribution in [2.45, 2.75) is 71.8 Å². The molecule has 1 rings (SSSR count). The van der Waals surface area contributed by atoms with Crippen LogP contribution in [0.4, 0.5) is 0 Å². The van der Waals surface area contributed by atoms with Gasteiger partial charge in [-0.2, -0.15) is 0 Å². The molecule has 0 radical (unpaired) electrons. The van der Waals surface area contributed by atoms with Crippen molar-refractivity contribution in [2.75, 3.05) is 20.1 Å². The summed E-state index contributed by atoms with van der Waals surface area (Å²) in [5.41, 5.74) is 0. The van der Waals surface area contributed by atoms with Gasteiger partial charge in [-0.15, -0.1) is 0 Å². The van der Waals surface area contributed by atoms with Crippen molar-refractivity contribution in [3.8, 4) is 0 Å². The normalized spacial score (nSPS) is 17.3. The third-order valence-corrected chi connectivity index (χ3v) is 4.47. The third kappa shape index (κ3) is 9.47. The van der Waals surface area contributed by atoms with Crippen LogP contribution in [0.15, 0.2) is 4.99 Å². The molecular formula is C18H36N4O. The molecule has 0 bridgehead atoms. The lowest BCUT2D eigenvalue weighted by Crippen LogP contribution is -2.45. The standard InChI is InChI=1S/C18H36N4O/c1-14(2)9-10-15(3)22-18(19-4)21-12-11-20-17(23)13-16-7-5-6-8-16/h14-16H,5-13H2,1-4H3,(H,20,23)(H2,19,21,22). The van der Waals surface area contributed by atoms with E-state index in [2.05, 4.69) is 41.7 Å². The summed E-state index contributed by atoms with van der Waals surface area (Å²) in [6.07, 6.45) is 8.05. The molecule has 0 aromatic carbocycles. The molecule has 1 atom stereocenters. The lowest BCUT2D eigenvalue weighted by Gasteiger charge is -2.19. The second-order valence-corrected chi connectivity index (χ2v) is 7.22. The first-order valence-electron chi connectivity index (χ1n) is 9.25. The number of nitrogens with zero attached hydrogens (tertiary/aromatic N) is 1. The molecule has 1 saturated carbocycles. The van der Waals surface area contributed by atoms with E-state index in [1.165, 1.54) is 32.1 Å². The molecule has 0 saturated heterocycles. The number of rotatable bonds is 9. The van der Waals surface area contributed by atoms with Crippen molar-refractivity contribution in [2.24, 2.45) is 16.8 Å². The molecular weight excluding hydrogens is 288 g/mol. The Labute approximate surface area is 142 Å². The molecule has 0 aliphatic heterocycles. The average Bonchev–Trinajstić information content (AvgIpc) is 3.01. The highest BCUT2D eigenvalue weighted by Gasteiger charge is 2.17. The molecule has 1 amide bonds. The van der Waals surface area contributed by atoms with E-state index >= 15 is 0 Å². The summed E-state index contributed by atoms with van der Waals surface area (Å²) >= 11 is 0. The minimum Gasteiger partial charge on any atom is -0.355 e. The Balaban J connectivity index is 2.10. The molecule has 1 fully saturated rings. The molecule has 1 aliphatic rings. The fraction of sp³-hybridized carbons (Fsp3) is 0.889. The molecule has 23 heavy (non-hydrogen) atoms. The van der Waals surface area contributed by atoms with Gasteiger partial charge in [0.15, 0.2) is 5.96 Å². The number of hydrogen-bond donors (Lipinski definition) is 3. The van der Waals surface area contributed by atoms with E-state index in [-0.39, 0.29) is 5.91 Å². The van der Waals surface area contributed by atoms with E-state index in [9.17, 15) is 4.79 Å². The summed E-state index contributed by atoms with van der Waals surface area (Å²) in [5.74, 6) is 2.33. The predicted octanol–water partition coefficient (Wildman–Crippen LogP) is 2.67. The van der Waals surface area contributed by atoms with Gasteiger partial charge in [0.1, 0.15) is 0 Å². The Morgan fingerprint density at radius 1 is 1.09 bits per heavy atom. The third-order valence-electron chi connectivity index (χ3n) is 4.47. The van der Waals surface area contributed by atoms with E-state index in [0.717, 1.165) is 18.3 Å². The fourth-order valence-corrected chi connectivity index (χ4v) is 3.02. The lowest BCUT2D eigenvalue weighted by atomic mass is 10.0. The van der Waals surface area contributed by atoms with Crippen molar-refractivity contribution in [3.63, 3.8) is 0 Å². The van der Waals surface area contributed by atoms with Gasteiger partial charge >= 0.3 is 0 Å². The molecule has 3 N–H and O–H groups in total. The molecule has 5 heteroatoms. The van der Waals surface area contributed by atoms with Gasteiger partial charge in [0, 0.05) is 32.6 Å². The number of guanidine groups is 1. The van der Waals surface area contributed by atoms with Crippen LogP contribution in [0.1, 0.15) is 65.7 Å². The molecule has 0 heterocycles. The Hall–Kier alpha value is -1.26. The number of hydrogen-bond acceptors (Lipinski definition) is 2. The highest BCUT2D eigenvalue weighted by Crippen LogP contribution is 2.27. The van der Waals surface area contributed by atoms with Crippen LogP contribution in [-0.4, -0.2) is 38.0 Å². The van der Waals surface area contributed by atoms with E-state index < -0.39 is 0 Å². The van der Waals surface area contributed by atoms with Crippen LogP contribution in [0.25, 0.3) is 0 Å². The largest absolute Gasteiger partial charge is 0.355 e. The molecule has 1 unspecified atom stereocenters. The van der Waals surface area contributed by atoms with Crippen LogP contribution < -0.4 is 16.0 Å². The number of carbonyl (C=O) groups excluding carboxylic acids is 1. The summed E-state index contributed by atoms with van der Waals surface area (Å²) in [7, 11) is 1.78. The minimum atomic E-state index is 0.187. The van der Waals surface area contributed by atoms with Crippen LogP contribution in [-0.2, 0) is 4.79 Å². The van der Waals surface area contributed by atoms with Gasteiger partial charge in [-0.25, -0.2) is 0 Å². The topological polar surface area (TPSA) is 65.5 Å². The summed E-state index contributed by atoms with van der Waals surface area (Å²) < 4.78 is 0. The second kappa shape index (κ2) is 11.3. The van der Waals surface area contributed by atoms with Crippen molar-refractivity contribution in [3.05, 3.63) is 0 Å². The number of aliphatic imine (C=N–C) groups is 1. The zero-order valence-corrected chi connectivity index (χ0v) is 15.5.